The third-order valence-electron chi connectivity index (χ3n) is 6.32. The highest BCUT2D eigenvalue weighted by atomic mass is 35.5. The monoisotopic (exact) mass is 518 g/mol. The molecule has 1 amide bonds. The maximum Gasteiger partial charge on any atom is 0.417 e. The Balaban J connectivity index is 1.58. The predicted octanol–water partition coefficient (Wildman–Crippen LogP) is 5.03. The summed E-state index contributed by atoms with van der Waals surface area (Å²) in [4.78, 5) is 24.4. The number of halogens is 4. The molecule has 0 saturated carbocycles. The largest absolute Gasteiger partial charge is 0.417 e. The standard InChI is InChI=1S/C24H22ClF3N6O2/c1-12-6-15(20(7-13(12)2)34-29-4-5-30-34)23(35)33-10-14(3)36-11-21(33)22-31-18-8-16(24(26,27)28)17(25)9-19(18)32-22/h4-9,14,21H,10-11H2,1-3H3,(H,31,32)/t14-,21-/m0/s1. The molecule has 0 aliphatic carbocycles. The van der Waals surface area contributed by atoms with Crippen LogP contribution in [0.1, 0.15) is 45.8 Å². The topological polar surface area (TPSA) is 88.9 Å². The number of hydrogen-bond acceptors (Lipinski definition) is 5. The second-order valence-electron chi connectivity index (χ2n) is 8.86. The SMILES string of the molecule is Cc1cc(C(=O)N2C[C@H](C)OC[C@H]2c2nc3cc(Cl)c(C(F)(F)F)cc3[nH]2)c(-n2nccn2)cc1C. The lowest BCUT2D eigenvalue weighted by molar-refractivity contribution is -0.137. The van der Waals surface area contributed by atoms with E-state index in [4.69, 9.17) is 16.3 Å². The van der Waals surface area contributed by atoms with E-state index in [0.717, 1.165) is 17.2 Å². The van der Waals surface area contributed by atoms with Gasteiger partial charge in [-0.15, -0.1) is 0 Å². The molecule has 2 aromatic heterocycles. The fourth-order valence-electron chi connectivity index (χ4n) is 4.31. The van der Waals surface area contributed by atoms with Crippen molar-refractivity contribution in [2.45, 2.75) is 39.1 Å². The molecular weight excluding hydrogens is 497 g/mol. The normalized spacial score (nSPS) is 18.7. The fraction of sp³-hybridized carbons (Fsp3) is 0.333. The molecule has 4 aromatic rings. The van der Waals surface area contributed by atoms with Crippen LogP contribution < -0.4 is 0 Å². The van der Waals surface area contributed by atoms with Crippen LogP contribution in [0.3, 0.4) is 0 Å². The Morgan fingerprint density at radius 3 is 2.53 bits per heavy atom. The van der Waals surface area contributed by atoms with E-state index in [1.165, 1.54) is 23.3 Å². The van der Waals surface area contributed by atoms with E-state index in [0.29, 0.717) is 17.1 Å². The Bertz CT molecular complexity index is 1450. The van der Waals surface area contributed by atoms with E-state index in [1.807, 2.05) is 26.8 Å². The van der Waals surface area contributed by atoms with E-state index in [9.17, 15) is 18.0 Å². The van der Waals surface area contributed by atoms with Crippen molar-refractivity contribution in [3.05, 3.63) is 69.8 Å². The molecule has 12 heteroatoms. The lowest BCUT2D eigenvalue weighted by Crippen LogP contribution is -2.47. The number of nitrogens with zero attached hydrogens (tertiary/aromatic N) is 5. The van der Waals surface area contributed by atoms with Crippen molar-refractivity contribution in [2.75, 3.05) is 13.2 Å². The van der Waals surface area contributed by atoms with Crippen LogP contribution in [0, 0.1) is 13.8 Å². The fourth-order valence-corrected chi connectivity index (χ4v) is 4.58. The Morgan fingerprint density at radius 2 is 1.83 bits per heavy atom. The van der Waals surface area contributed by atoms with Gasteiger partial charge < -0.3 is 14.6 Å². The number of fused-ring (bicyclic) bond motifs is 1. The van der Waals surface area contributed by atoms with Crippen LogP contribution >= 0.6 is 11.6 Å². The lowest BCUT2D eigenvalue weighted by atomic mass is 10.0. The van der Waals surface area contributed by atoms with Gasteiger partial charge in [0.25, 0.3) is 5.91 Å². The van der Waals surface area contributed by atoms with Gasteiger partial charge in [0, 0.05) is 6.54 Å². The molecule has 1 fully saturated rings. The summed E-state index contributed by atoms with van der Waals surface area (Å²) in [5, 5.41) is 7.94. The zero-order valence-electron chi connectivity index (χ0n) is 19.6. The van der Waals surface area contributed by atoms with Gasteiger partial charge in [-0.05, 0) is 56.2 Å². The minimum atomic E-state index is -4.61. The Hall–Kier alpha value is -3.44. The van der Waals surface area contributed by atoms with Gasteiger partial charge in [-0.1, -0.05) is 11.6 Å². The van der Waals surface area contributed by atoms with E-state index >= 15 is 0 Å². The first-order valence-electron chi connectivity index (χ1n) is 11.2. The van der Waals surface area contributed by atoms with Gasteiger partial charge in [-0.2, -0.15) is 28.2 Å². The molecule has 2 aromatic carbocycles. The van der Waals surface area contributed by atoms with Gasteiger partial charge in [0.2, 0.25) is 0 Å². The Morgan fingerprint density at radius 1 is 1.14 bits per heavy atom. The number of aromatic nitrogens is 5. The van der Waals surface area contributed by atoms with Crippen molar-refractivity contribution in [1.82, 2.24) is 29.9 Å². The minimum absolute atomic E-state index is 0.118. The number of carbonyl (C=O) groups excluding carboxylic acids is 1. The number of hydrogen-bond donors (Lipinski definition) is 1. The molecule has 1 N–H and O–H groups in total. The van der Waals surface area contributed by atoms with Crippen molar-refractivity contribution in [3.8, 4) is 5.69 Å². The van der Waals surface area contributed by atoms with Gasteiger partial charge >= 0.3 is 6.18 Å². The molecule has 1 aliphatic rings. The van der Waals surface area contributed by atoms with Gasteiger partial charge in [0.1, 0.15) is 11.9 Å². The van der Waals surface area contributed by atoms with E-state index in [2.05, 4.69) is 20.2 Å². The summed E-state index contributed by atoms with van der Waals surface area (Å²) in [7, 11) is 0. The molecule has 8 nitrogen and oxygen atoms in total. The number of alkyl halides is 3. The smallest absolute Gasteiger partial charge is 0.374 e. The second-order valence-corrected chi connectivity index (χ2v) is 9.27. The second kappa shape index (κ2) is 8.90. The number of H-pyrrole nitrogens is 1. The average Bonchev–Trinajstić information content (AvgIpc) is 3.48. The highest BCUT2D eigenvalue weighted by Crippen LogP contribution is 2.37. The number of nitrogens with one attached hydrogen (secondary N) is 1. The summed E-state index contributed by atoms with van der Waals surface area (Å²) in [6, 6.07) is 5.08. The van der Waals surface area contributed by atoms with Crippen molar-refractivity contribution in [2.24, 2.45) is 0 Å². The van der Waals surface area contributed by atoms with Crippen LogP contribution in [0.5, 0.6) is 0 Å². The number of carbonyl (C=O) groups is 1. The van der Waals surface area contributed by atoms with Crippen LogP contribution in [0.25, 0.3) is 16.7 Å². The summed E-state index contributed by atoms with van der Waals surface area (Å²) in [6.45, 7) is 6.07. The summed E-state index contributed by atoms with van der Waals surface area (Å²) in [5.41, 5.74) is 2.29. The zero-order valence-corrected chi connectivity index (χ0v) is 20.4. The van der Waals surface area contributed by atoms with E-state index in [1.54, 1.807) is 11.0 Å². The van der Waals surface area contributed by atoms with Crippen LogP contribution in [-0.2, 0) is 10.9 Å². The molecule has 0 radical (unpaired) electrons. The summed E-state index contributed by atoms with van der Waals surface area (Å²) < 4.78 is 45.9. The first kappa shape index (κ1) is 24.3. The van der Waals surface area contributed by atoms with Crippen LogP contribution in [0.15, 0.2) is 36.7 Å². The molecular formula is C24H22ClF3N6O2. The van der Waals surface area contributed by atoms with Gasteiger partial charge in [-0.25, -0.2) is 4.98 Å². The van der Waals surface area contributed by atoms with Gasteiger partial charge in [0.05, 0.1) is 58.0 Å². The number of morpholine rings is 1. The van der Waals surface area contributed by atoms with Crippen molar-refractivity contribution >= 4 is 28.5 Å². The summed E-state index contributed by atoms with van der Waals surface area (Å²) >= 11 is 5.88. The molecule has 5 rings (SSSR count). The van der Waals surface area contributed by atoms with Crippen molar-refractivity contribution in [3.63, 3.8) is 0 Å². The predicted molar refractivity (Wildman–Crippen MR) is 126 cm³/mol. The molecule has 0 unspecified atom stereocenters. The van der Waals surface area contributed by atoms with Gasteiger partial charge in [0.15, 0.2) is 0 Å². The molecule has 2 atom stereocenters. The third kappa shape index (κ3) is 4.33. The molecule has 188 valence electrons. The Kier molecular flexibility index (Phi) is 6.00. The lowest BCUT2D eigenvalue weighted by Gasteiger charge is -2.38. The maximum atomic E-state index is 14.0. The highest BCUT2D eigenvalue weighted by molar-refractivity contribution is 6.32. The van der Waals surface area contributed by atoms with Crippen molar-refractivity contribution < 1.29 is 22.7 Å². The number of aryl methyl sites for hydroxylation is 2. The molecule has 1 saturated heterocycles. The van der Waals surface area contributed by atoms with Crippen LogP contribution in [0.4, 0.5) is 13.2 Å². The van der Waals surface area contributed by atoms with Crippen LogP contribution in [0.2, 0.25) is 5.02 Å². The highest BCUT2D eigenvalue weighted by Gasteiger charge is 2.37. The number of imidazole rings is 1. The number of ether oxygens (including phenoxy) is 1. The number of benzene rings is 2. The summed E-state index contributed by atoms with van der Waals surface area (Å²) in [5.74, 6) is 0.0169. The first-order valence-corrected chi connectivity index (χ1v) is 11.6. The minimum Gasteiger partial charge on any atom is -0.374 e. The van der Waals surface area contributed by atoms with E-state index < -0.39 is 22.8 Å². The average molecular weight is 519 g/mol. The molecule has 0 spiro atoms. The first-order chi connectivity index (χ1) is 17.0. The molecule has 3 heterocycles. The van der Waals surface area contributed by atoms with Crippen molar-refractivity contribution in [1.29, 1.82) is 0 Å². The van der Waals surface area contributed by atoms with Crippen LogP contribution in [-0.4, -0.2) is 55.0 Å². The number of rotatable bonds is 3. The third-order valence-corrected chi connectivity index (χ3v) is 6.63. The number of amides is 1. The molecule has 1 aliphatic heterocycles. The Labute approximate surface area is 209 Å². The zero-order chi connectivity index (χ0) is 25.8. The maximum absolute atomic E-state index is 14.0. The van der Waals surface area contributed by atoms with E-state index in [-0.39, 0.29) is 36.2 Å². The van der Waals surface area contributed by atoms with Gasteiger partial charge in [-0.3, -0.25) is 4.79 Å². The summed E-state index contributed by atoms with van der Waals surface area (Å²) in [6.07, 6.45) is -1.81. The number of aromatic amines is 1. The molecule has 0 bridgehead atoms. The molecule has 36 heavy (non-hydrogen) atoms. The quantitative estimate of drug-likeness (QED) is 0.411.